The second kappa shape index (κ2) is 3.67. The predicted molar refractivity (Wildman–Crippen MR) is 61.2 cm³/mol. The summed E-state index contributed by atoms with van der Waals surface area (Å²) in [7, 11) is 0. The minimum Gasteiger partial charge on any atom is -0.317 e. The molecule has 1 fully saturated rings. The fourth-order valence-corrected chi connectivity index (χ4v) is 4.09. The lowest BCUT2D eigenvalue weighted by Crippen LogP contribution is -2.26. The van der Waals surface area contributed by atoms with Gasteiger partial charge in [0, 0.05) is 9.75 Å². The van der Waals surface area contributed by atoms with Crippen molar-refractivity contribution in [2.45, 2.75) is 38.0 Å². The zero-order chi connectivity index (χ0) is 9.38. The molecule has 1 aliphatic carbocycles. The summed E-state index contributed by atoms with van der Waals surface area (Å²) in [5.41, 5.74) is 1.67. The number of hydrogen-bond acceptors (Lipinski definition) is 2. The van der Waals surface area contributed by atoms with Crippen LogP contribution in [0.1, 0.15) is 40.5 Å². The summed E-state index contributed by atoms with van der Waals surface area (Å²) in [4.78, 5) is 3.37. The first-order valence-electron chi connectivity index (χ1n) is 5.75. The van der Waals surface area contributed by atoms with Gasteiger partial charge in [0.1, 0.15) is 0 Å². The zero-order valence-electron chi connectivity index (χ0n) is 8.51. The van der Waals surface area contributed by atoms with E-state index in [1.165, 1.54) is 45.2 Å². The Kier molecular flexibility index (Phi) is 2.34. The number of aryl methyl sites for hydroxylation is 2. The number of fused-ring (bicyclic) bond motifs is 1. The van der Waals surface area contributed by atoms with Crippen molar-refractivity contribution < 1.29 is 0 Å². The Labute approximate surface area is 89.5 Å². The molecule has 1 aliphatic heterocycles. The van der Waals surface area contributed by atoms with Gasteiger partial charge >= 0.3 is 0 Å². The maximum atomic E-state index is 3.44. The van der Waals surface area contributed by atoms with Crippen molar-refractivity contribution >= 4 is 11.3 Å². The fourth-order valence-electron chi connectivity index (χ4n) is 2.66. The average Bonchev–Trinajstić information content (AvgIpc) is 2.78. The molecule has 0 saturated carbocycles. The first-order valence-corrected chi connectivity index (χ1v) is 6.57. The van der Waals surface area contributed by atoms with Crippen LogP contribution in [0.5, 0.6) is 0 Å². The number of piperidine rings is 1. The van der Waals surface area contributed by atoms with E-state index >= 15 is 0 Å². The smallest absolute Gasteiger partial charge is 0.00829 e. The molecule has 1 saturated heterocycles. The lowest BCUT2D eigenvalue weighted by molar-refractivity contribution is 0.465. The second-order valence-electron chi connectivity index (χ2n) is 4.48. The van der Waals surface area contributed by atoms with E-state index < -0.39 is 0 Å². The maximum Gasteiger partial charge on any atom is 0.00829 e. The summed E-state index contributed by atoms with van der Waals surface area (Å²) in [6.45, 7) is 2.43. The molecular weight excluding hydrogens is 190 g/mol. The van der Waals surface area contributed by atoms with E-state index in [1.54, 1.807) is 15.3 Å². The third-order valence-electron chi connectivity index (χ3n) is 3.51. The predicted octanol–water partition coefficient (Wildman–Crippen LogP) is 2.70. The largest absolute Gasteiger partial charge is 0.317 e. The summed E-state index contributed by atoms with van der Waals surface area (Å²) in [6.07, 6.45) is 6.79. The molecule has 2 heterocycles. The van der Waals surface area contributed by atoms with E-state index in [4.69, 9.17) is 0 Å². The lowest BCUT2D eigenvalue weighted by atomic mass is 9.96. The van der Waals surface area contributed by atoms with Gasteiger partial charge < -0.3 is 5.32 Å². The van der Waals surface area contributed by atoms with Crippen molar-refractivity contribution in [1.82, 2.24) is 5.32 Å². The molecule has 1 N–H and O–H groups in total. The third kappa shape index (κ3) is 1.51. The van der Waals surface area contributed by atoms with Crippen molar-refractivity contribution in [2.75, 3.05) is 13.1 Å². The van der Waals surface area contributed by atoms with Gasteiger partial charge in [-0.1, -0.05) is 0 Å². The highest BCUT2D eigenvalue weighted by molar-refractivity contribution is 7.12. The van der Waals surface area contributed by atoms with Crippen LogP contribution in [0.25, 0.3) is 0 Å². The summed E-state index contributed by atoms with van der Waals surface area (Å²) >= 11 is 2.10. The quantitative estimate of drug-likeness (QED) is 0.746. The van der Waals surface area contributed by atoms with E-state index in [0.29, 0.717) is 0 Å². The third-order valence-corrected chi connectivity index (χ3v) is 4.91. The van der Waals surface area contributed by atoms with E-state index in [0.717, 1.165) is 5.92 Å². The molecule has 2 heteroatoms. The molecule has 14 heavy (non-hydrogen) atoms. The SMILES string of the molecule is c1c(C2CCNCC2)sc2c1CCC2. The van der Waals surface area contributed by atoms with Gasteiger partial charge in [0.15, 0.2) is 0 Å². The first-order chi connectivity index (χ1) is 6.93. The lowest BCUT2D eigenvalue weighted by Gasteiger charge is -2.21. The highest BCUT2D eigenvalue weighted by atomic mass is 32.1. The van der Waals surface area contributed by atoms with E-state index in [-0.39, 0.29) is 0 Å². The molecule has 0 radical (unpaired) electrons. The highest BCUT2D eigenvalue weighted by Crippen LogP contribution is 2.37. The normalized spacial score (nSPS) is 22.6. The van der Waals surface area contributed by atoms with Crippen molar-refractivity contribution in [1.29, 1.82) is 0 Å². The van der Waals surface area contributed by atoms with Gasteiger partial charge in [-0.05, 0) is 62.7 Å². The Morgan fingerprint density at radius 2 is 2.07 bits per heavy atom. The standard InChI is InChI=1S/C12H17NS/c1-2-10-8-12(14-11(10)3-1)9-4-6-13-7-5-9/h8-9,13H,1-7H2. The van der Waals surface area contributed by atoms with Gasteiger partial charge in [0.05, 0.1) is 0 Å². The topological polar surface area (TPSA) is 12.0 Å². The number of nitrogens with one attached hydrogen (secondary N) is 1. The van der Waals surface area contributed by atoms with Crippen molar-refractivity contribution in [2.24, 2.45) is 0 Å². The Hall–Kier alpha value is -0.340. The Morgan fingerprint density at radius 1 is 1.21 bits per heavy atom. The molecule has 0 bridgehead atoms. The highest BCUT2D eigenvalue weighted by Gasteiger charge is 2.21. The van der Waals surface area contributed by atoms with E-state index in [2.05, 4.69) is 22.7 Å². The fraction of sp³-hybridized carbons (Fsp3) is 0.667. The van der Waals surface area contributed by atoms with Gasteiger partial charge in [0.25, 0.3) is 0 Å². The molecule has 3 rings (SSSR count). The van der Waals surface area contributed by atoms with Gasteiger partial charge in [0.2, 0.25) is 0 Å². The maximum absolute atomic E-state index is 3.44. The molecule has 0 atom stereocenters. The Bertz CT molecular complexity index is 302. The molecule has 0 unspecified atom stereocenters. The minimum atomic E-state index is 0.867. The molecule has 1 aromatic rings. The monoisotopic (exact) mass is 207 g/mol. The van der Waals surface area contributed by atoms with Crippen molar-refractivity contribution in [3.63, 3.8) is 0 Å². The Balaban J connectivity index is 1.82. The number of thiophene rings is 1. The van der Waals surface area contributed by atoms with Crippen LogP contribution in [-0.2, 0) is 12.8 Å². The molecular formula is C12H17NS. The van der Waals surface area contributed by atoms with Gasteiger partial charge in [-0.25, -0.2) is 0 Å². The minimum absolute atomic E-state index is 0.867. The molecule has 0 spiro atoms. The van der Waals surface area contributed by atoms with Crippen LogP contribution in [0, 0.1) is 0 Å². The number of rotatable bonds is 1. The molecule has 0 amide bonds. The summed E-state index contributed by atoms with van der Waals surface area (Å²) < 4.78 is 0. The van der Waals surface area contributed by atoms with Gasteiger partial charge in [-0.2, -0.15) is 0 Å². The second-order valence-corrected chi connectivity index (χ2v) is 5.64. The summed E-state index contributed by atoms with van der Waals surface area (Å²) in [5, 5.41) is 3.44. The van der Waals surface area contributed by atoms with Gasteiger partial charge in [-0.15, -0.1) is 11.3 Å². The first kappa shape index (κ1) is 8.93. The van der Waals surface area contributed by atoms with E-state index in [9.17, 15) is 0 Å². The summed E-state index contributed by atoms with van der Waals surface area (Å²) in [5.74, 6) is 0.867. The molecule has 1 aromatic heterocycles. The van der Waals surface area contributed by atoms with Gasteiger partial charge in [-0.3, -0.25) is 0 Å². The Morgan fingerprint density at radius 3 is 2.86 bits per heavy atom. The summed E-state index contributed by atoms with van der Waals surface area (Å²) in [6, 6.07) is 2.50. The van der Waals surface area contributed by atoms with Crippen LogP contribution in [0.2, 0.25) is 0 Å². The van der Waals surface area contributed by atoms with Crippen LogP contribution in [0.3, 0.4) is 0 Å². The van der Waals surface area contributed by atoms with Crippen molar-refractivity contribution in [3.8, 4) is 0 Å². The van der Waals surface area contributed by atoms with Crippen molar-refractivity contribution in [3.05, 3.63) is 21.4 Å². The molecule has 0 aromatic carbocycles. The van der Waals surface area contributed by atoms with Crippen LogP contribution < -0.4 is 5.32 Å². The number of hydrogen-bond donors (Lipinski definition) is 1. The van der Waals surface area contributed by atoms with Crippen LogP contribution in [-0.4, -0.2) is 13.1 Å². The molecule has 2 aliphatic rings. The van der Waals surface area contributed by atoms with Crippen LogP contribution in [0.15, 0.2) is 6.07 Å². The molecule has 76 valence electrons. The zero-order valence-corrected chi connectivity index (χ0v) is 9.33. The van der Waals surface area contributed by atoms with E-state index in [1.807, 2.05) is 0 Å². The molecule has 1 nitrogen and oxygen atoms in total. The van der Waals surface area contributed by atoms with Crippen LogP contribution >= 0.6 is 11.3 Å². The van der Waals surface area contributed by atoms with Crippen LogP contribution in [0.4, 0.5) is 0 Å². The average molecular weight is 207 g/mol.